The van der Waals surface area contributed by atoms with Crippen molar-refractivity contribution in [2.75, 3.05) is 26.2 Å². The summed E-state index contributed by atoms with van der Waals surface area (Å²) in [4.78, 5) is 1.86. The van der Waals surface area contributed by atoms with Crippen molar-refractivity contribution >= 4 is 0 Å². The van der Waals surface area contributed by atoms with E-state index in [0.29, 0.717) is 26.2 Å². The Morgan fingerprint density at radius 2 is 1.95 bits per heavy atom. The summed E-state index contributed by atoms with van der Waals surface area (Å²) in [5, 5.41) is 12.9. The molecule has 19 heavy (non-hydrogen) atoms. The van der Waals surface area contributed by atoms with Crippen LogP contribution in [0.5, 0.6) is 5.75 Å². The first-order chi connectivity index (χ1) is 9.09. The molecule has 0 unspecified atom stereocenters. The van der Waals surface area contributed by atoms with Crippen LogP contribution in [0.4, 0.5) is 13.2 Å². The number of aromatic hydroxyl groups is 1. The lowest BCUT2D eigenvalue weighted by atomic mass is 10.00. The van der Waals surface area contributed by atoms with Gasteiger partial charge in [0.1, 0.15) is 0 Å². The standard InChI is InChI=1S/C13H17F3N2O/c14-10-3-1-2-9(13(10)19)11(8-12(15)16)18-6-4-17-5-7-18/h1-3,11-12,17,19H,4-8H2/t11-/m0/s1. The predicted molar refractivity (Wildman–Crippen MR) is 65.9 cm³/mol. The number of phenols is 1. The molecule has 2 N–H and O–H groups in total. The highest BCUT2D eigenvalue weighted by Crippen LogP contribution is 2.34. The number of benzene rings is 1. The SMILES string of the molecule is Oc1c(F)cccc1[C@H](CC(F)F)N1CCNCC1. The van der Waals surface area contributed by atoms with Gasteiger partial charge in [-0.15, -0.1) is 0 Å². The minimum absolute atomic E-state index is 0.238. The van der Waals surface area contributed by atoms with Crippen molar-refractivity contribution in [3.63, 3.8) is 0 Å². The van der Waals surface area contributed by atoms with Crippen molar-refractivity contribution in [1.29, 1.82) is 0 Å². The molecule has 1 aromatic rings. The van der Waals surface area contributed by atoms with Gasteiger partial charge < -0.3 is 10.4 Å². The Hall–Kier alpha value is -1.27. The monoisotopic (exact) mass is 274 g/mol. The molecule has 0 aliphatic carbocycles. The molecule has 6 heteroatoms. The van der Waals surface area contributed by atoms with Crippen LogP contribution < -0.4 is 5.32 Å². The van der Waals surface area contributed by atoms with Crippen LogP contribution >= 0.6 is 0 Å². The van der Waals surface area contributed by atoms with Crippen molar-refractivity contribution in [2.24, 2.45) is 0 Å². The van der Waals surface area contributed by atoms with Gasteiger partial charge in [0.05, 0.1) is 0 Å². The average Bonchev–Trinajstić information content (AvgIpc) is 2.40. The number of rotatable bonds is 4. The number of hydrogen-bond donors (Lipinski definition) is 2. The third-order valence-electron chi connectivity index (χ3n) is 3.37. The summed E-state index contributed by atoms with van der Waals surface area (Å²) >= 11 is 0. The molecule has 1 aliphatic heterocycles. The van der Waals surface area contributed by atoms with Crippen LogP contribution in [0.15, 0.2) is 18.2 Å². The van der Waals surface area contributed by atoms with Gasteiger partial charge in [-0.05, 0) is 6.07 Å². The summed E-state index contributed by atoms with van der Waals surface area (Å²) < 4.78 is 38.9. The van der Waals surface area contributed by atoms with E-state index in [1.54, 1.807) is 0 Å². The van der Waals surface area contributed by atoms with Gasteiger partial charge in [-0.3, -0.25) is 4.90 Å². The van der Waals surface area contributed by atoms with E-state index >= 15 is 0 Å². The molecule has 0 amide bonds. The molecular formula is C13H17F3N2O. The lowest BCUT2D eigenvalue weighted by Gasteiger charge is -2.35. The number of nitrogens with zero attached hydrogens (tertiary/aromatic N) is 1. The van der Waals surface area contributed by atoms with Crippen LogP contribution in [0.2, 0.25) is 0 Å². The Balaban J connectivity index is 2.27. The number of nitrogens with one attached hydrogen (secondary N) is 1. The lowest BCUT2D eigenvalue weighted by Crippen LogP contribution is -2.45. The van der Waals surface area contributed by atoms with Crippen molar-refractivity contribution in [3.05, 3.63) is 29.6 Å². The van der Waals surface area contributed by atoms with Gasteiger partial charge in [0.2, 0.25) is 6.43 Å². The van der Waals surface area contributed by atoms with Gasteiger partial charge in [0.25, 0.3) is 0 Å². The third kappa shape index (κ3) is 3.39. The van der Waals surface area contributed by atoms with Gasteiger partial charge in [0.15, 0.2) is 11.6 Å². The molecule has 106 valence electrons. The molecule has 1 heterocycles. The molecule has 0 aromatic heterocycles. The van der Waals surface area contributed by atoms with Gasteiger partial charge in [0, 0.05) is 44.2 Å². The second-order valence-electron chi connectivity index (χ2n) is 4.61. The van der Waals surface area contributed by atoms with Crippen LogP contribution in [-0.2, 0) is 0 Å². The molecule has 0 saturated carbocycles. The Morgan fingerprint density at radius 1 is 1.26 bits per heavy atom. The van der Waals surface area contributed by atoms with Gasteiger partial charge >= 0.3 is 0 Å². The first-order valence-electron chi connectivity index (χ1n) is 6.30. The first-order valence-corrected chi connectivity index (χ1v) is 6.30. The maximum absolute atomic E-state index is 13.4. The minimum atomic E-state index is -2.50. The lowest BCUT2D eigenvalue weighted by molar-refractivity contribution is 0.0727. The molecule has 2 rings (SSSR count). The zero-order chi connectivity index (χ0) is 13.8. The fourth-order valence-corrected chi connectivity index (χ4v) is 2.44. The van der Waals surface area contributed by atoms with E-state index in [9.17, 15) is 18.3 Å². The molecular weight excluding hydrogens is 257 g/mol. The van der Waals surface area contributed by atoms with E-state index in [1.807, 2.05) is 4.90 Å². The second kappa shape index (κ2) is 6.25. The van der Waals surface area contributed by atoms with Crippen molar-refractivity contribution in [3.8, 4) is 5.75 Å². The number of alkyl halides is 2. The maximum atomic E-state index is 13.4. The number of piperazine rings is 1. The maximum Gasteiger partial charge on any atom is 0.240 e. The Morgan fingerprint density at radius 3 is 2.58 bits per heavy atom. The Labute approximate surface area is 110 Å². The number of halogens is 3. The topological polar surface area (TPSA) is 35.5 Å². The van der Waals surface area contributed by atoms with Gasteiger partial charge in [-0.1, -0.05) is 12.1 Å². The molecule has 1 atom stereocenters. The van der Waals surface area contributed by atoms with Crippen molar-refractivity contribution < 1.29 is 18.3 Å². The Bertz CT molecular complexity index is 422. The molecule has 0 radical (unpaired) electrons. The van der Waals surface area contributed by atoms with E-state index in [1.165, 1.54) is 12.1 Å². The number of para-hydroxylation sites is 1. The summed E-state index contributed by atoms with van der Waals surface area (Å²) in [6.07, 6.45) is -2.90. The Kier molecular flexibility index (Phi) is 4.66. The summed E-state index contributed by atoms with van der Waals surface area (Å²) in [7, 11) is 0. The highest BCUT2D eigenvalue weighted by Gasteiger charge is 2.28. The summed E-state index contributed by atoms with van der Waals surface area (Å²) in [6, 6.07) is 3.41. The molecule has 1 saturated heterocycles. The molecule has 0 bridgehead atoms. The fourth-order valence-electron chi connectivity index (χ4n) is 2.44. The van der Waals surface area contributed by atoms with E-state index in [4.69, 9.17) is 0 Å². The number of hydrogen-bond acceptors (Lipinski definition) is 3. The van der Waals surface area contributed by atoms with E-state index in [2.05, 4.69) is 5.32 Å². The highest BCUT2D eigenvalue weighted by atomic mass is 19.3. The number of phenolic OH excluding ortho intramolecular Hbond substituents is 1. The van der Waals surface area contributed by atoms with Gasteiger partial charge in [-0.2, -0.15) is 0 Å². The minimum Gasteiger partial charge on any atom is -0.505 e. The van der Waals surface area contributed by atoms with Crippen LogP contribution in [0, 0.1) is 5.82 Å². The summed E-state index contributed by atoms with van der Waals surface area (Å²) in [5.74, 6) is -1.29. The normalized spacial score (nSPS) is 18.7. The largest absolute Gasteiger partial charge is 0.505 e. The fraction of sp³-hybridized carbons (Fsp3) is 0.538. The van der Waals surface area contributed by atoms with Crippen LogP contribution in [0.25, 0.3) is 0 Å². The zero-order valence-electron chi connectivity index (χ0n) is 10.5. The van der Waals surface area contributed by atoms with Gasteiger partial charge in [-0.25, -0.2) is 13.2 Å². The predicted octanol–water partition coefficient (Wildman–Crippen LogP) is 2.13. The molecule has 1 fully saturated rings. The highest BCUT2D eigenvalue weighted by molar-refractivity contribution is 5.36. The zero-order valence-corrected chi connectivity index (χ0v) is 10.5. The van der Waals surface area contributed by atoms with Crippen LogP contribution in [-0.4, -0.2) is 42.6 Å². The quantitative estimate of drug-likeness (QED) is 0.883. The molecule has 0 spiro atoms. The third-order valence-corrected chi connectivity index (χ3v) is 3.37. The summed E-state index contributed by atoms with van der Waals surface area (Å²) in [6.45, 7) is 2.62. The first kappa shape index (κ1) is 14.1. The van der Waals surface area contributed by atoms with E-state index in [-0.39, 0.29) is 5.56 Å². The molecule has 3 nitrogen and oxygen atoms in total. The molecule has 1 aromatic carbocycles. The van der Waals surface area contributed by atoms with E-state index < -0.39 is 30.5 Å². The van der Waals surface area contributed by atoms with E-state index in [0.717, 1.165) is 6.07 Å². The summed E-state index contributed by atoms with van der Waals surface area (Å²) in [5.41, 5.74) is 0.238. The smallest absolute Gasteiger partial charge is 0.240 e. The van der Waals surface area contributed by atoms with Crippen LogP contribution in [0.1, 0.15) is 18.0 Å². The molecule has 1 aliphatic rings. The van der Waals surface area contributed by atoms with Crippen molar-refractivity contribution in [2.45, 2.75) is 18.9 Å². The van der Waals surface area contributed by atoms with Crippen molar-refractivity contribution in [1.82, 2.24) is 10.2 Å². The van der Waals surface area contributed by atoms with Crippen LogP contribution in [0.3, 0.4) is 0 Å². The second-order valence-corrected chi connectivity index (χ2v) is 4.61. The average molecular weight is 274 g/mol.